The molecule has 1 N–H and O–H groups in total. The van der Waals surface area contributed by atoms with E-state index in [-0.39, 0.29) is 12.0 Å². The Morgan fingerprint density at radius 1 is 1.39 bits per heavy atom. The number of nitrogens with zero attached hydrogens (tertiary/aromatic N) is 2. The Bertz CT molecular complexity index is 573. The Morgan fingerprint density at radius 2 is 2.13 bits per heavy atom. The van der Waals surface area contributed by atoms with Crippen LogP contribution in [0.5, 0.6) is 5.75 Å². The van der Waals surface area contributed by atoms with Gasteiger partial charge in [0.1, 0.15) is 5.75 Å². The van der Waals surface area contributed by atoms with Gasteiger partial charge in [0.2, 0.25) is 0 Å². The van der Waals surface area contributed by atoms with Crippen molar-refractivity contribution < 1.29 is 14.6 Å². The number of hydrogen-bond acceptors (Lipinski definition) is 4. The first-order valence-electron chi connectivity index (χ1n) is 8.21. The van der Waals surface area contributed by atoms with Crippen molar-refractivity contribution in [3.63, 3.8) is 0 Å². The van der Waals surface area contributed by atoms with E-state index in [2.05, 4.69) is 4.90 Å². The lowest BCUT2D eigenvalue weighted by Crippen LogP contribution is -2.53. The third-order valence-electron chi connectivity index (χ3n) is 4.60. The standard InChI is InChI=1S/C17H23ClN2O3/c1-2-14(21)11-19-5-7-20(8-6-19)17(22)16-10-12-9-13(18)3-4-15(12)23-16/h3-4,9,14,16,21H,2,5-8,10-11H2,1H3/t14-,16-/m1/s1. The summed E-state index contributed by atoms with van der Waals surface area (Å²) >= 11 is 5.99. The molecule has 6 heteroatoms. The number of carbonyl (C=O) groups is 1. The van der Waals surface area contributed by atoms with Crippen LogP contribution in [-0.4, -0.2) is 65.7 Å². The molecule has 2 atom stereocenters. The van der Waals surface area contributed by atoms with E-state index in [0.29, 0.717) is 31.1 Å². The highest BCUT2D eigenvalue weighted by molar-refractivity contribution is 6.30. The molecule has 0 unspecified atom stereocenters. The molecule has 1 fully saturated rings. The van der Waals surface area contributed by atoms with E-state index in [1.54, 1.807) is 6.07 Å². The molecule has 1 amide bonds. The van der Waals surface area contributed by atoms with Gasteiger partial charge in [-0.15, -0.1) is 0 Å². The number of benzene rings is 1. The van der Waals surface area contributed by atoms with Gasteiger partial charge in [-0.3, -0.25) is 9.69 Å². The van der Waals surface area contributed by atoms with E-state index in [1.165, 1.54) is 0 Å². The minimum absolute atomic E-state index is 0.0491. The van der Waals surface area contributed by atoms with E-state index >= 15 is 0 Å². The molecule has 2 aliphatic heterocycles. The maximum atomic E-state index is 12.6. The van der Waals surface area contributed by atoms with Gasteiger partial charge in [0.15, 0.2) is 6.10 Å². The van der Waals surface area contributed by atoms with Crippen molar-refractivity contribution in [2.45, 2.75) is 32.0 Å². The largest absolute Gasteiger partial charge is 0.480 e. The summed E-state index contributed by atoms with van der Waals surface area (Å²) in [6.45, 7) is 5.63. The van der Waals surface area contributed by atoms with Crippen LogP contribution >= 0.6 is 11.6 Å². The Morgan fingerprint density at radius 3 is 2.83 bits per heavy atom. The number of fused-ring (bicyclic) bond motifs is 1. The van der Waals surface area contributed by atoms with Crippen LogP contribution in [-0.2, 0) is 11.2 Å². The molecule has 1 aromatic rings. The van der Waals surface area contributed by atoms with E-state index in [9.17, 15) is 9.90 Å². The van der Waals surface area contributed by atoms with Crippen molar-refractivity contribution in [2.24, 2.45) is 0 Å². The molecule has 3 rings (SSSR count). The highest BCUT2D eigenvalue weighted by Gasteiger charge is 2.34. The minimum atomic E-state index is -0.434. The lowest BCUT2D eigenvalue weighted by atomic mass is 10.1. The first-order valence-corrected chi connectivity index (χ1v) is 8.59. The van der Waals surface area contributed by atoms with Gasteiger partial charge in [-0.05, 0) is 30.2 Å². The van der Waals surface area contributed by atoms with Gasteiger partial charge >= 0.3 is 0 Å². The van der Waals surface area contributed by atoms with Crippen molar-refractivity contribution in [2.75, 3.05) is 32.7 Å². The number of piperazine rings is 1. The van der Waals surface area contributed by atoms with Gasteiger partial charge in [-0.2, -0.15) is 0 Å². The third-order valence-corrected chi connectivity index (χ3v) is 4.83. The maximum absolute atomic E-state index is 12.6. The monoisotopic (exact) mass is 338 g/mol. The molecule has 0 spiro atoms. The van der Waals surface area contributed by atoms with Crippen LogP contribution in [0.15, 0.2) is 18.2 Å². The van der Waals surface area contributed by atoms with Crippen LogP contribution in [0.1, 0.15) is 18.9 Å². The number of aliphatic hydroxyl groups is 1. The van der Waals surface area contributed by atoms with Crippen molar-refractivity contribution >= 4 is 17.5 Å². The molecule has 2 heterocycles. The van der Waals surface area contributed by atoms with Crippen LogP contribution in [0.3, 0.4) is 0 Å². The molecular weight excluding hydrogens is 316 g/mol. The lowest BCUT2D eigenvalue weighted by molar-refractivity contribution is -0.139. The fourth-order valence-corrected chi connectivity index (χ4v) is 3.33. The summed E-state index contributed by atoms with van der Waals surface area (Å²) in [5, 5.41) is 10.4. The van der Waals surface area contributed by atoms with Crippen LogP contribution in [0.2, 0.25) is 5.02 Å². The number of amides is 1. The zero-order chi connectivity index (χ0) is 16.4. The fourth-order valence-electron chi connectivity index (χ4n) is 3.14. The Labute approximate surface area is 141 Å². The van der Waals surface area contributed by atoms with Crippen LogP contribution in [0.4, 0.5) is 0 Å². The minimum Gasteiger partial charge on any atom is -0.480 e. The Hall–Kier alpha value is -1.30. The van der Waals surface area contributed by atoms with Crippen LogP contribution < -0.4 is 4.74 Å². The number of carbonyl (C=O) groups excluding carboxylic acids is 1. The van der Waals surface area contributed by atoms with E-state index in [4.69, 9.17) is 16.3 Å². The molecule has 5 nitrogen and oxygen atoms in total. The normalized spacial score (nSPS) is 22.6. The Balaban J connectivity index is 1.53. The molecule has 0 bridgehead atoms. The third kappa shape index (κ3) is 3.79. The topological polar surface area (TPSA) is 53.0 Å². The van der Waals surface area contributed by atoms with Gasteiger partial charge in [0.25, 0.3) is 5.91 Å². The van der Waals surface area contributed by atoms with Crippen molar-refractivity contribution in [1.82, 2.24) is 9.80 Å². The molecule has 1 saturated heterocycles. The van der Waals surface area contributed by atoms with Crippen molar-refractivity contribution in [3.8, 4) is 5.75 Å². The first-order chi connectivity index (χ1) is 11.1. The number of rotatable bonds is 4. The van der Waals surface area contributed by atoms with Gasteiger partial charge in [0, 0.05) is 44.2 Å². The summed E-state index contributed by atoms with van der Waals surface area (Å²) in [7, 11) is 0. The molecule has 126 valence electrons. The molecule has 0 aromatic heterocycles. The molecule has 0 radical (unpaired) electrons. The van der Waals surface area contributed by atoms with E-state index < -0.39 is 6.10 Å². The molecule has 2 aliphatic rings. The van der Waals surface area contributed by atoms with Crippen molar-refractivity contribution in [3.05, 3.63) is 28.8 Å². The zero-order valence-corrected chi connectivity index (χ0v) is 14.1. The second-order valence-electron chi connectivity index (χ2n) is 6.25. The average molecular weight is 339 g/mol. The molecule has 0 saturated carbocycles. The molecule has 1 aromatic carbocycles. The second-order valence-corrected chi connectivity index (χ2v) is 6.69. The summed E-state index contributed by atoms with van der Waals surface area (Å²) in [4.78, 5) is 16.7. The van der Waals surface area contributed by atoms with Gasteiger partial charge in [-0.1, -0.05) is 18.5 Å². The summed E-state index contributed by atoms with van der Waals surface area (Å²) in [6.07, 6.45) is 0.630. The average Bonchev–Trinajstić information content (AvgIpc) is 2.97. The second kappa shape index (κ2) is 7.07. The maximum Gasteiger partial charge on any atom is 0.264 e. The summed E-state index contributed by atoms with van der Waals surface area (Å²) in [5.74, 6) is 0.811. The van der Waals surface area contributed by atoms with Gasteiger partial charge < -0.3 is 14.7 Å². The van der Waals surface area contributed by atoms with Gasteiger partial charge in [-0.25, -0.2) is 0 Å². The van der Waals surface area contributed by atoms with Crippen LogP contribution in [0, 0.1) is 0 Å². The lowest BCUT2D eigenvalue weighted by Gasteiger charge is -2.36. The van der Waals surface area contributed by atoms with E-state index in [1.807, 2.05) is 24.0 Å². The summed E-state index contributed by atoms with van der Waals surface area (Å²) in [5.41, 5.74) is 1.00. The summed E-state index contributed by atoms with van der Waals surface area (Å²) in [6, 6.07) is 5.48. The first kappa shape index (κ1) is 16.6. The quantitative estimate of drug-likeness (QED) is 0.905. The number of halogens is 1. The van der Waals surface area contributed by atoms with E-state index in [0.717, 1.165) is 30.8 Å². The molecule has 0 aliphatic carbocycles. The number of β-amino-alcohol motifs (C(OH)–C–C–N with tert-alkyl or cyclic N) is 1. The SMILES string of the molecule is CC[C@@H](O)CN1CCN(C(=O)[C@H]2Cc3cc(Cl)ccc3O2)CC1. The van der Waals surface area contributed by atoms with Gasteiger partial charge in [0.05, 0.1) is 6.10 Å². The summed E-state index contributed by atoms with van der Waals surface area (Å²) < 4.78 is 5.78. The number of aliphatic hydroxyl groups excluding tert-OH is 1. The predicted octanol–water partition coefficient (Wildman–Crippen LogP) is 1.56. The predicted molar refractivity (Wildman–Crippen MR) is 88.9 cm³/mol. The Kier molecular flexibility index (Phi) is 5.09. The highest BCUT2D eigenvalue weighted by atomic mass is 35.5. The molecular formula is C17H23ClN2O3. The fraction of sp³-hybridized carbons (Fsp3) is 0.588. The smallest absolute Gasteiger partial charge is 0.264 e. The molecule has 23 heavy (non-hydrogen) atoms. The highest BCUT2D eigenvalue weighted by Crippen LogP contribution is 2.31. The van der Waals surface area contributed by atoms with Crippen molar-refractivity contribution in [1.29, 1.82) is 0 Å². The van der Waals surface area contributed by atoms with Crippen LogP contribution in [0.25, 0.3) is 0 Å². The number of ether oxygens (including phenoxy) is 1. The zero-order valence-electron chi connectivity index (χ0n) is 13.4. The number of hydrogen-bond donors (Lipinski definition) is 1.